The van der Waals surface area contributed by atoms with Crippen LogP contribution >= 0.6 is 0 Å². The van der Waals surface area contributed by atoms with E-state index in [-0.39, 0.29) is 24.4 Å². The van der Waals surface area contributed by atoms with Crippen molar-refractivity contribution in [3.05, 3.63) is 71.4 Å². The molecule has 2 aromatic carbocycles. The highest BCUT2D eigenvalue weighted by molar-refractivity contribution is 5.97. The van der Waals surface area contributed by atoms with E-state index in [1.54, 1.807) is 4.90 Å². The maximum atomic E-state index is 13.4. The van der Waals surface area contributed by atoms with Crippen molar-refractivity contribution in [1.82, 2.24) is 14.8 Å². The van der Waals surface area contributed by atoms with Gasteiger partial charge in [0.15, 0.2) is 0 Å². The van der Waals surface area contributed by atoms with E-state index in [4.69, 9.17) is 0 Å². The van der Waals surface area contributed by atoms with Crippen LogP contribution in [-0.2, 0) is 16.0 Å². The van der Waals surface area contributed by atoms with Crippen LogP contribution in [0.5, 0.6) is 0 Å². The molecule has 2 amide bonds. The number of nitrogens with zero attached hydrogens (tertiary/aromatic N) is 2. The van der Waals surface area contributed by atoms with Gasteiger partial charge in [-0.3, -0.25) is 9.59 Å². The number of carbonyl (C=O) groups excluding carboxylic acids is 2. The highest BCUT2D eigenvalue weighted by Gasteiger charge is 2.48. The van der Waals surface area contributed by atoms with Crippen LogP contribution in [0.3, 0.4) is 0 Å². The number of piperazine rings is 1. The fraction of sp³-hybridized carbons (Fsp3) is 0.333. The summed E-state index contributed by atoms with van der Waals surface area (Å²) in [5.41, 5.74) is 4.27. The summed E-state index contributed by atoms with van der Waals surface area (Å²) in [6, 6.07) is 17.5. The van der Waals surface area contributed by atoms with Gasteiger partial charge in [0.05, 0.1) is 12.6 Å². The molecule has 5 heteroatoms. The average molecular weight is 387 g/mol. The molecule has 29 heavy (non-hydrogen) atoms. The van der Waals surface area contributed by atoms with Crippen LogP contribution in [0.4, 0.5) is 0 Å². The molecule has 1 N–H and O–H groups in total. The van der Waals surface area contributed by atoms with Crippen molar-refractivity contribution in [2.45, 2.75) is 32.4 Å². The lowest BCUT2D eigenvalue weighted by atomic mass is 9.86. The van der Waals surface area contributed by atoms with Crippen LogP contribution in [0.2, 0.25) is 0 Å². The van der Waals surface area contributed by atoms with Gasteiger partial charge >= 0.3 is 0 Å². The molecule has 5 rings (SSSR count). The highest BCUT2D eigenvalue weighted by atomic mass is 16.2. The molecule has 2 aliphatic rings. The molecular formula is C24H25N3O2. The minimum atomic E-state index is -0.452. The van der Waals surface area contributed by atoms with Gasteiger partial charge in [-0.05, 0) is 23.1 Å². The Balaban J connectivity index is 1.68. The second kappa shape index (κ2) is 6.76. The average Bonchev–Trinajstić information content (AvgIpc) is 3.09. The van der Waals surface area contributed by atoms with E-state index in [1.165, 1.54) is 0 Å². The third kappa shape index (κ3) is 2.84. The molecule has 1 fully saturated rings. The Morgan fingerprint density at radius 2 is 1.76 bits per heavy atom. The molecule has 0 spiro atoms. The minimum absolute atomic E-state index is 0.0217. The Kier molecular flexibility index (Phi) is 4.19. The van der Waals surface area contributed by atoms with Gasteiger partial charge in [-0.25, -0.2) is 0 Å². The summed E-state index contributed by atoms with van der Waals surface area (Å²) in [4.78, 5) is 33.8. The Morgan fingerprint density at radius 1 is 1.03 bits per heavy atom. The van der Waals surface area contributed by atoms with Crippen LogP contribution in [0.15, 0.2) is 54.6 Å². The number of aromatic amines is 1. The maximum Gasteiger partial charge on any atom is 0.246 e. The second-order valence-electron chi connectivity index (χ2n) is 8.51. The summed E-state index contributed by atoms with van der Waals surface area (Å²) in [5.74, 6) is 0.416. The zero-order chi connectivity index (χ0) is 20.1. The van der Waals surface area contributed by atoms with Gasteiger partial charge < -0.3 is 14.8 Å². The van der Waals surface area contributed by atoms with Crippen LogP contribution in [0.1, 0.15) is 36.7 Å². The molecule has 148 valence electrons. The van der Waals surface area contributed by atoms with Gasteiger partial charge in [0.1, 0.15) is 6.04 Å². The Morgan fingerprint density at radius 3 is 2.52 bits per heavy atom. The van der Waals surface area contributed by atoms with E-state index in [2.05, 4.69) is 31.0 Å². The second-order valence-corrected chi connectivity index (χ2v) is 8.51. The van der Waals surface area contributed by atoms with Crippen LogP contribution in [-0.4, -0.2) is 45.7 Å². The third-order valence-corrected chi connectivity index (χ3v) is 6.04. The lowest BCUT2D eigenvalue weighted by molar-refractivity contribution is -0.159. The van der Waals surface area contributed by atoms with Crippen molar-refractivity contribution in [3.8, 4) is 0 Å². The molecule has 0 radical (unpaired) electrons. The SMILES string of the molecule is CC(C)CN1CC(=O)N2C(c3ccccc3)c3[nH]c4ccccc4c3C[C@@H]2C1=O. The molecule has 3 heterocycles. The van der Waals surface area contributed by atoms with Crippen LogP contribution < -0.4 is 0 Å². The summed E-state index contributed by atoms with van der Waals surface area (Å²) < 4.78 is 0. The zero-order valence-corrected chi connectivity index (χ0v) is 16.8. The number of aromatic nitrogens is 1. The van der Waals surface area contributed by atoms with Crippen molar-refractivity contribution in [2.24, 2.45) is 5.92 Å². The summed E-state index contributed by atoms with van der Waals surface area (Å²) >= 11 is 0. The molecular weight excluding hydrogens is 362 g/mol. The maximum absolute atomic E-state index is 13.4. The normalized spacial score (nSPS) is 21.6. The van der Waals surface area contributed by atoms with E-state index in [0.29, 0.717) is 18.9 Å². The number of benzene rings is 2. The van der Waals surface area contributed by atoms with E-state index in [1.807, 2.05) is 47.4 Å². The molecule has 3 aromatic rings. The molecule has 2 atom stereocenters. The number of para-hydroxylation sites is 1. The Hall–Kier alpha value is -3.08. The smallest absolute Gasteiger partial charge is 0.246 e. The van der Waals surface area contributed by atoms with Gasteiger partial charge in [0, 0.05) is 29.6 Å². The molecule has 2 aliphatic heterocycles. The first-order valence-corrected chi connectivity index (χ1v) is 10.3. The largest absolute Gasteiger partial charge is 0.356 e. The topological polar surface area (TPSA) is 56.4 Å². The zero-order valence-electron chi connectivity index (χ0n) is 16.8. The van der Waals surface area contributed by atoms with Crippen molar-refractivity contribution in [1.29, 1.82) is 0 Å². The number of nitrogens with one attached hydrogen (secondary N) is 1. The van der Waals surface area contributed by atoms with E-state index >= 15 is 0 Å². The lowest BCUT2D eigenvalue weighted by Crippen LogP contribution is -2.63. The summed E-state index contributed by atoms with van der Waals surface area (Å²) in [5, 5.41) is 1.14. The monoisotopic (exact) mass is 387 g/mol. The van der Waals surface area contributed by atoms with Gasteiger partial charge in [-0.15, -0.1) is 0 Å². The van der Waals surface area contributed by atoms with Crippen LogP contribution in [0.25, 0.3) is 10.9 Å². The number of carbonyl (C=O) groups is 2. The van der Waals surface area contributed by atoms with Gasteiger partial charge in [-0.2, -0.15) is 0 Å². The summed E-state index contributed by atoms with van der Waals surface area (Å²) in [6.07, 6.45) is 0.557. The van der Waals surface area contributed by atoms with Crippen LogP contribution in [0, 0.1) is 5.92 Å². The van der Waals surface area contributed by atoms with Crippen molar-refractivity contribution >= 4 is 22.7 Å². The number of H-pyrrole nitrogens is 1. The Bertz CT molecular complexity index is 1090. The van der Waals surface area contributed by atoms with Crippen molar-refractivity contribution < 1.29 is 9.59 Å². The van der Waals surface area contributed by atoms with E-state index < -0.39 is 6.04 Å². The molecule has 0 aliphatic carbocycles. The fourth-order valence-electron chi connectivity index (χ4n) is 4.90. The predicted octanol–water partition coefficient (Wildman–Crippen LogP) is 3.51. The first-order chi connectivity index (χ1) is 14.0. The quantitative estimate of drug-likeness (QED) is 0.748. The lowest BCUT2D eigenvalue weighted by Gasteiger charge is -2.47. The first kappa shape index (κ1) is 18.0. The number of hydrogen-bond donors (Lipinski definition) is 1. The molecule has 5 nitrogen and oxygen atoms in total. The molecule has 0 saturated carbocycles. The van der Waals surface area contributed by atoms with E-state index in [0.717, 1.165) is 27.7 Å². The number of amides is 2. The van der Waals surface area contributed by atoms with Crippen molar-refractivity contribution in [3.63, 3.8) is 0 Å². The first-order valence-electron chi connectivity index (χ1n) is 10.3. The molecule has 0 bridgehead atoms. The minimum Gasteiger partial charge on any atom is -0.356 e. The standard InChI is InChI=1S/C24H25N3O2/c1-15(2)13-26-14-21(28)27-20(24(26)29)12-18-17-10-6-7-11-19(17)25-22(18)23(27)16-8-4-3-5-9-16/h3-11,15,20,23,25H,12-14H2,1-2H3/t20-,23?/m1/s1. The van der Waals surface area contributed by atoms with Crippen molar-refractivity contribution in [2.75, 3.05) is 13.1 Å². The molecule has 1 unspecified atom stereocenters. The number of fused-ring (bicyclic) bond motifs is 4. The van der Waals surface area contributed by atoms with Gasteiger partial charge in [0.25, 0.3) is 0 Å². The number of hydrogen-bond acceptors (Lipinski definition) is 2. The summed E-state index contributed by atoms with van der Waals surface area (Å²) in [7, 11) is 0. The Labute approximate surface area is 170 Å². The predicted molar refractivity (Wildman–Crippen MR) is 112 cm³/mol. The van der Waals surface area contributed by atoms with E-state index in [9.17, 15) is 9.59 Å². The van der Waals surface area contributed by atoms with Gasteiger partial charge in [0.2, 0.25) is 11.8 Å². The fourth-order valence-corrected chi connectivity index (χ4v) is 4.90. The molecule has 1 aromatic heterocycles. The molecule has 1 saturated heterocycles. The number of rotatable bonds is 3. The third-order valence-electron chi connectivity index (χ3n) is 6.04. The van der Waals surface area contributed by atoms with Gasteiger partial charge in [-0.1, -0.05) is 62.4 Å². The summed E-state index contributed by atoms with van der Waals surface area (Å²) in [6.45, 7) is 4.93. The highest BCUT2D eigenvalue weighted by Crippen LogP contribution is 2.42.